The van der Waals surface area contributed by atoms with Crippen molar-refractivity contribution >= 4 is 59.1 Å². The Labute approximate surface area is 364 Å². The lowest BCUT2D eigenvalue weighted by Crippen LogP contribution is -2.61. The highest BCUT2D eigenvalue weighted by atomic mass is 16.4. The van der Waals surface area contributed by atoms with Crippen LogP contribution < -0.4 is 48.3 Å². The number of fused-ring (bicyclic) bond motifs is 1. The minimum Gasteiger partial charge on any atom is -0.481 e. The normalized spacial score (nSPS) is 22.2. The number of carbonyl (C=O) groups excluding carboxylic acids is 9. The van der Waals surface area contributed by atoms with Gasteiger partial charge in [-0.2, -0.15) is 0 Å². The van der Waals surface area contributed by atoms with E-state index in [0.29, 0.717) is 32.2 Å². The molecule has 0 spiro atoms. The van der Waals surface area contributed by atoms with E-state index in [1.807, 2.05) is 0 Å². The van der Waals surface area contributed by atoms with Gasteiger partial charge in [-0.15, -0.1) is 0 Å². The van der Waals surface area contributed by atoms with E-state index in [9.17, 15) is 58.2 Å². The summed E-state index contributed by atoms with van der Waals surface area (Å²) in [6.45, 7) is 5.78. The number of rotatable bonds is 21. The Morgan fingerprint density at radius 1 is 0.794 bits per heavy atom. The number of nitrogens with one attached hydrogen (secondary N) is 8. The van der Waals surface area contributed by atoms with Crippen molar-refractivity contribution in [1.82, 2.24) is 47.4 Å². The standard InChI is InChI=1S/C41H60N10O12/c1-20(2)32(49-37(59)27(18-31(54)55)48-40(62)33(22(4)52)50-36(58)25-13-9-15-43-25)39(61)44-19-30(53)46-28-17-24-12-8-14-29(51(24)41(28)63)38(60)45-21(3)35(57)47-26(34(42)56)16-23-10-6-5-7-11-23/h5-7,10-11,20-22,24-29,32-33,43,52H,8-9,12-19H2,1-4H3,(H2,42,56)(H,44,61)(H,45,60)(H,46,53)(H,47,57)(H,48,62)(H,49,59)(H,50,58)(H,54,55)/t21-,22+,24+,25-,26-,27-,28-,29-,32-,33-/m0/s1. The molecule has 1 aromatic carbocycles. The van der Waals surface area contributed by atoms with E-state index in [1.165, 1.54) is 18.7 Å². The van der Waals surface area contributed by atoms with Crippen LogP contribution >= 0.6 is 0 Å². The molecule has 22 heteroatoms. The molecule has 3 aliphatic rings. The number of benzene rings is 1. The summed E-state index contributed by atoms with van der Waals surface area (Å²) in [4.78, 5) is 131. The number of aliphatic carboxylic acids is 1. The largest absolute Gasteiger partial charge is 0.481 e. The number of carboxylic acids is 1. The Morgan fingerprint density at radius 3 is 2.08 bits per heavy atom. The zero-order valence-corrected chi connectivity index (χ0v) is 35.8. The summed E-state index contributed by atoms with van der Waals surface area (Å²) in [6.07, 6.45) is 0.662. The lowest BCUT2D eigenvalue weighted by Gasteiger charge is -2.37. The predicted molar refractivity (Wildman–Crippen MR) is 222 cm³/mol. The van der Waals surface area contributed by atoms with Gasteiger partial charge in [0.25, 0.3) is 0 Å². The Morgan fingerprint density at radius 2 is 1.48 bits per heavy atom. The highest BCUT2D eigenvalue weighted by Gasteiger charge is 2.48. The summed E-state index contributed by atoms with van der Waals surface area (Å²) in [7, 11) is 0. The van der Waals surface area contributed by atoms with Gasteiger partial charge in [0.2, 0.25) is 53.2 Å². The average molecular weight is 885 g/mol. The monoisotopic (exact) mass is 884 g/mol. The second-order valence-electron chi connectivity index (χ2n) is 16.6. The molecule has 0 radical (unpaired) electrons. The quantitative estimate of drug-likeness (QED) is 0.0565. The van der Waals surface area contributed by atoms with Gasteiger partial charge in [-0.25, -0.2) is 0 Å². The van der Waals surface area contributed by atoms with Crippen molar-refractivity contribution < 1.29 is 58.2 Å². The maximum absolute atomic E-state index is 13.6. The molecule has 10 atom stereocenters. The fraction of sp³-hybridized carbons (Fsp3) is 0.610. The van der Waals surface area contributed by atoms with Gasteiger partial charge in [-0.05, 0) is 70.4 Å². The number of aliphatic hydroxyl groups is 1. The zero-order chi connectivity index (χ0) is 46.5. The number of piperidine rings is 1. The van der Waals surface area contributed by atoms with Gasteiger partial charge >= 0.3 is 5.97 Å². The van der Waals surface area contributed by atoms with E-state index in [2.05, 4.69) is 42.5 Å². The van der Waals surface area contributed by atoms with Crippen LogP contribution in [0.3, 0.4) is 0 Å². The van der Waals surface area contributed by atoms with E-state index in [4.69, 9.17) is 5.73 Å². The molecule has 63 heavy (non-hydrogen) atoms. The summed E-state index contributed by atoms with van der Waals surface area (Å²) >= 11 is 0. The number of aliphatic hydroxyl groups excluding tert-OH is 1. The molecule has 0 aromatic heterocycles. The zero-order valence-electron chi connectivity index (χ0n) is 35.8. The number of nitrogens with zero attached hydrogens (tertiary/aromatic N) is 1. The number of nitrogens with two attached hydrogens (primary N) is 1. The summed E-state index contributed by atoms with van der Waals surface area (Å²) in [5.41, 5.74) is 6.30. The number of primary amides is 1. The number of hydrogen-bond acceptors (Lipinski definition) is 12. The first-order chi connectivity index (χ1) is 29.8. The molecule has 346 valence electrons. The summed E-state index contributed by atoms with van der Waals surface area (Å²) in [6, 6.07) is -0.743. The SMILES string of the molecule is CC(C)[C@H](NC(=O)[C@H](CC(=O)O)NC(=O)[C@@H](NC(=O)[C@@H]1CCCN1)[C@@H](C)O)C(=O)NCC(=O)N[C@H]1C[C@H]2CCC[C@@H](C(=O)N[C@@H](C)C(=O)N[C@@H](Cc3ccccc3)C(N)=O)N2C1=O. The van der Waals surface area contributed by atoms with E-state index >= 15 is 0 Å². The number of amides is 9. The molecule has 1 aromatic rings. The van der Waals surface area contributed by atoms with Crippen LogP contribution in [0, 0.1) is 5.92 Å². The van der Waals surface area contributed by atoms with E-state index < -0.39 is 138 Å². The van der Waals surface area contributed by atoms with Crippen molar-refractivity contribution in [3.05, 3.63) is 35.9 Å². The number of hydrogen-bond donors (Lipinski definition) is 11. The van der Waals surface area contributed by atoms with Gasteiger partial charge < -0.3 is 63.4 Å². The first-order valence-electron chi connectivity index (χ1n) is 21.1. The maximum Gasteiger partial charge on any atom is 0.305 e. The number of carbonyl (C=O) groups is 10. The second-order valence-corrected chi connectivity index (χ2v) is 16.6. The molecule has 3 fully saturated rings. The number of carboxylic acid groups (broad SMARTS) is 1. The Bertz CT molecular complexity index is 1870. The predicted octanol–water partition coefficient (Wildman–Crippen LogP) is -3.82. The third-order valence-corrected chi connectivity index (χ3v) is 11.3. The van der Waals surface area contributed by atoms with Gasteiger partial charge in [0, 0.05) is 12.5 Å². The second kappa shape index (κ2) is 22.8. The van der Waals surface area contributed by atoms with Crippen LogP contribution in [0.2, 0.25) is 0 Å². The molecular formula is C41H60N10O12. The van der Waals surface area contributed by atoms with Crippen molar-refractivity contribution in [1.29, 1.82) is 0 Å². The van der Waals surface area contributed by atoms with Crippen molar-refractivity contribution in [2.75, 3.05) is 13.1 Å². The molecule has 0 saturated carbocycles. The van der Waals surface area contributed by atoms with Crippen LogP contribution in [0.1, 0.15) is 78.2 Å². The van der Waals surface area contributed by atoms with Crippen molar-refractivity contribution in [3.8, 4) is 0 Å². The van der Waals surface area contributed by atoms with Crippen LogP contribution in [0.4, 0.5) is 0 Å². The highest BCUT2D eigenvalue weighted by Crippen LogP contribution is 2.32. The van der Waals surface area contributed by atoms with Crippen LogP contribution in [-0.4, -0.2) is 148 Å². The van der Waals surface area contributed by atoms with Crippen LogP contribution in [-0.2, 0) is 54.4 Å². The van der Waals surface area contributed by atoms with Gasteiger partial charge in [-0.3, -0.25) is 47.9 Å². The van der Waals surface area contributed by atoms with Crippen molar-refractivity contribution in [2.24, 2.45) is 11.7 Å². The van der Waals surface area contributed by atoms with Gasteiger partial charge in [0.15, 0.2) is 0 Å². The van der Waals surface area contributed by atoms with Crippen molar-refractivity contribution in [2.45, 2.75) is 140 Å². The van der Waals surface area contributed by atoms with Crippen molar-refractivity contribution in [3.63, 3.8) is 0 Å². The molecule has 0 aliphatic carbocycles. The molecular weight excluding hydrogens is 825 g/mol. The lowest BCUT2D eigenvalue weighted by molar-refractivity contribution is -0.143. The Kier molecular flexibility index (Phi) is 17.9. The molecule has 0 bridgehead atoms. The molecule has 9 amide bonds. The Hall–Kier alpha value is -6.16. The molecule has 0 unspecified atom stereocenters. The third-order valence-electron chi connectivity index (χ3n) is 11.3. The summed E-state index contributed by atoms with van der Waals surface area (Å²) in [5, 5.41) is 40.0. The fourth-order valence-electron chi connectivity index (χ4n) is 7.84. The molecule has 3 heterocycles. The van der Waals surface area contributed by atoms with Crippen LogP contribution in [0.5, 0.6) is 0 Å². The molecule has 4 rings (SSSR count). The summed E-state index contributed by atoms with van der Waals surface area (Å²) in [5.74, 6) is -8.83. The van der Waals surface area contributed by atoms with E-state index in [-0.39, 0.29) is 12.8 Å². The molecule has 22 nitrogen and oxygen atoms in total. The first-order valence-corrected chi connectivity index (χ1v) is 21.1. The summed E-state index contributed by atoms with van der Waals surface area (Å²) < 4.78 is 0. The first kappa shape index (κ1) is 49.5. The smallest absolute Gasteiger partial charge is 0.305 e. The average Bonchev–Trinajstić information content (AvgIpc) is 3.88. The molecule has 3 aliphatic heterocycles. The minimum atomic E-state index is -1.73. The highest BCUT2D eigenvalue weighted by molar-refractivity contribution is 5.99. The lowest BCUT2D eigenvalue weighted by atomic mass is 9.95. The Balaban J connectivity index is 1.30. The van der Waals surface area contributed by atoms with E-state index in [0.717, 1.165) is 12.0 Å². The van der Waals surface area contributed by atoms with Gasteiger partial charge in [0.05, 0.1) is 25.1 Å². The van der Waals surface area contributed by atoms with Crippen LogP contribution in [0.15, 0.2) is 30.3 Å². The molecule has 12 N–H and O–H groups in total. The van der Waals surface area contributed by atoms with Crippen LogP contribution in [0.25, 0.3) is 0 Å². The van der Waals surface area contributed by atoms with Gasteiger partial charge in [0.1, 0.15) is 42.3 Å². The van der Waals surface area contributed by atoms with Gasteiger partial charge in [-0.1, -0.05) is 44.2 Å². The topological polar surface area (TPSA) is 337 Å². The fourth-order valence-corrected chi connectivity index (χ4v) is 7.84. The minimum absolute atomic E-state index is 0.145. The third kappa shape index (κ3) is 13.9. The maximum atomic E-state index is 13.6. The molecule has 3 saturated heterocycles. The van der Waals surface area contributed by atoms with E-state index in [1.54, 1.807) is 44.2 Å².